The predicted molar refractivity (Wildman–Crippen MR) is 85.9 cm³/mol. The molecule has 3 heterocycles. The van der Waals surface area contributed by atoms with Crippen LogP contribution in [0.3, 0.4) is 0 Å². The van der Waals surface area contributed by atoms with Crippen LogP contribution in [0.4, 0.5) is 13.2 Å². The summed E-state index contributed by atoms with van der Waals surface area (Å²) in [6.07, 6.45) is -1.62. The molecule has 0 saturated heterocycles. The Kier molecular flexibility index (Phi) is 3.78. The molecule has 1 aliphatic rings. The first-order valence-corrected chi connectivity index (χ1v) is 8.15. The maximum atomic E-state index is 12.7. The molecule has 3 aromatic rings. The van der Waals surface area contributed by atoms with Crippen LogP contribution in [-0.2, 0) is 13.1 Å². The standard InChI is InChI=1S/C15H11BrF3N5O/c16-9-1-2-12-10(5-9)13-22-11(6-23(13)3-4-25-12)14-20-8-21-24(14)7-15(17,18)19/h1-2,5-6,8H,3-4,7H2. The van der Waals surface area contributed by atoms with E-state index in [0.29, 0.717) is 30.4 Å². The van der Waals surface area contributed by atoms with Gasteiger partial charge < -0.3 is 9.30 Å². The molecule has 25 heavy (non-hydrogen) atoms. The number of rotatable bonds is 2. The summed E-state index contributed by atoms with van der Waals surface area (Å²) in [5.41, 5.74) is 1.10. The van der Waals surface area contributed by atoms with Crippen molar-refractivity contribution in [2.24, 2.45) is 0 Å². The Balaban J connectivity index is 1.80. The lowest BCUT2D eigenvalue weighted by atomic mass is 10.2. The number of ether oxygens (including phenoxy) is 1. The van der Waals surface area contributed by atoms with E-state index in [1.807, 2.05) is 22.8 Å². The van der Waals surface area contributed by atoms with Crippen molar-refractivity contribution in [2.75, 3.05) is 6.61 Å². The van der Waals surface area contributed by atoms with Gasteiger partial charge in [0.2, 0.25) is 0 Å². The highest BCUT2D eigenvalue weighted by Gasteiger charge is 2.31. The summed E-state index contributed by atoms with van der Waals surface area (Å²) in [6, 6.07) is 5.55. The molecule has 2 aromatic heterocycles. The van der Waals surface area contributed by atoms with Gasteiger partial charge in [-0.2, -0.15) is 18.3 Å². The summed E-state index contributed by atoms with van der Waals surface area (Å²) >= 11 is 3.41. The van der Waals surface area contributed by atoms with Gasteiger partial charge in [-0.05, 0) is 18.2 Å². The van der Waals surface area contributed by atoms with Crippen LogP contribution in [0.15, 0.2) is 35.2 Å². The molecule has 0 spiro atoms. The minimum Gasteiger partial charge on any atom is -0.491 e. The zero-order valence-electron chi connectivity index (χ0n) is 12.7. The topological polar surface area (TPSA) is 57.8 Å². The number of fused-ring (bicyclic) bond motifs is 3. The van der Waals surface area contributed by atoms with E-state index in [0.717, 1.165) is 21.0 Å². The normalized spacial score (nSPS) is 13.8. The van der Waals surface area contributed by atoms with Gasteiger partial charge >= 0.3 is 6.18 Å². The number of halogens is 4. The number of alkyl halides is 3. The van der Waals surface area contributed by atoms with Gasteiger partial charge in [-0.15, -0.1) is 0 Å². The third-order valence-electron chi connectivity index (χ3n) is 3.72. The van der Waals surface area contributed by atoms with E-state index in [1.165, 1.54) is 0 Å². The Bertz CT molecular complexity index is 934. The van der Waals surface area contributed by atoms with E-state index in [4.69, 9.17) is 4.74 Å². The highest BCUT2D eigenvalue weighted by molar-refractivity contribution is 9.10. The van der Waals surface area contributed by atoms with Crippen LogP contribution in [0.25, 0.3) is 22.9 Å². The molecular weight excluding hydrogens is 403 g/mol. The highest BCUT2D eigenvalue weighted by Crippen LogP contribution is 2.35. The molecule has 10 heteroatoms. The van der Waals surface area contributed by atoms with Crippen LogP contribution < -0.4 is 4.74 Å². The van der Waals surface area contributed by atoms with Gasteiger partial charge in [-0.25, -0.2) is 14.6 Å². The second-order valence-corrected chi connectivity index (χ2v) is 6.40. The van der Waals surface area contributed by atoms with Gasteiger partial charge in [-0.1, -0.05) is 15.9 Å². The van der Waals surface area contributed by atoms with Crippen molar-refractivity contribution in [3.8, 4) is 28.7 Å². The minimum absolute atomic E-state index is 0.0790. The lowest BCUT2D eigenvalue weighted by Crippen LogP contribution is -2.19. The van der Waals surface area contributed by atoms with Gasteiger partial charge in [0.15, 0.2) is 5.82 Å². The summed E-state index contributed by atoms with van der Waals surface area (Å²) in [5, 5.41) is 3.67. The Morgan fingerprint density at radius 2 is 2.08 bits per heavy atom. The Labute approximate surface area is 148 Å². The first kappa shape index (κ1) is 16.1. The molecule has 0 saturated carbocycles. The molecule has 1 aromatic carbocycles. The fourth-order valence-corrected chi connectivity index (χ4v) is 3.07. The highest BCUT2D eigenvalue weighted by atomic mass is 79.9. The average molecular weight is 414 g/mol. The van der Waals surface area contributed by atoms with Crippen LogP contribution in [0.5, 0.6) is 5.75 Å². The van der Waals surface area contributed by atoms with Gasteiger partial charge in [-0.3, -0.25) is 0 Å². The molecule has 6 nitrogen and oxygen atoms in total. The van der Waals surface area contributed by atoms with E-state index >= 15 is 0 Å². The maximum Gasteiger partial charge on any atom is 0.408 e. The fraction of sp³-hybridized carbons (Fsp3) is 0.267. The minimum atomic E-state index is -4.38. The maximum absolute atomic E-state index is 12.7. The monoisotopic (exact) mass is 413 g/mol. The van der Waals surface area contributed by atoms with Crippen molar-refractivity contribution >= 4 is 15.9 Å². The average Bonchev–Trinajstić information content (AvgIpc) is 3.10. The smallest absolute Gasteiger partial charge is 0.408 e. The van der Waals surface area contributed by atoms with Crippen LogP contribution in [0, 0.1) is 0 Å². The second-order valence-electron chi connectivity index (χ2n) is 5.49. The number of imidazole rings is 1. The van der Waals surface area contributed by atoms with E-state index in [9.17, 15) is 13.2 Å². The van der Waals surface area contributed by atoms with Crippen molar-refractivity contribution in [1.29, 1.82) is 0 Å². The largest absolute Gasteiger partial charge is 0.491 e. The third kappa shape index (κ3) is 3.13. The van der Waals surface area contributed by atoms with E-state index < -0.39 is 12.7 Å². The van der Waals surface area contributed by atoms with Crippen molar-refractivity contribution in [3.05, 3.63) is 35.2 Å². The summed E-state index contributed by atoms with van der Waals surface area (Å²) < 4.78 is 47.3. The lowest BCUT2D eigenvalue weighted by molar-refractivity contribution is -0.142. The SMILES string of the molecule is FC(F)(F)Cn1ncnc1-c1cn2c(n1)-c1cc(Br)ccc1OCC2. The fourth-order valence-electron chi connectivity index (χ4n) is 2.71. The molecule has 0 N–H and O–H groups in total. The van der Waals surface area contributed by atoms with E-state index in [2.05, 4.69) is 31.0 Å². The summed E-state index contributed by atoms with van der Waals surface area (Å²) in [5.74, 6) is 1.37. The second kappa shape index (κ2) is 5.87. The molecular formula is C15H11BrF3N5O. The van der Waals surface area contributed by atoms with Gasteiger partial charge in [0, 0.05) is 10.7 Å². The predicted octanol–water partition coefficient (Wildman–Crippen LogP) is 3.53. The molecule has 0 atom stereocenters. The zero-order chi connectivity index (χ0) is 17.6. The summed E-state index contributed by atoms with van der Waals surface area (Å²) in [4.78, 5) is 8.44. The van der Waals surface area contributed by atoms with Crippen molar-refractivity contribution in [1.82, 2.24) is 24.3 Å². The Morgan fingerprint density at radius 1 is 1.24 bits per heavy atom. The number of hydrogen-bond acceptors (Lipinski definition) is 4. The summed E-state index contributed by atoms with van der Waals surface area (Å²) in [6.45, 7) is -0.246. The van der Waals surface area contributed by atoms with Crippen molar-refractivity contribution in [2.45, 2.75) is 19.3 Å². The first-order chi connectivity index (χ1) is 11.9. The van der Waals surface area contributed by atoms with Crippen LogP contribution in [0.2, 0.25) is 0 Å². The number of hydrogen-bond donors (Lipinski definition) is 0. The Morgan fingerprint density at radius 3 is 2.88 bits per heavy atom. The molecule has 4 rings (SSSR count). The lowest BCUT2D eigenvalue weighted by Gasteiger charge is -2.08. The van der Waals surface area contributed by atoms with Crippen LogP contribution >= 0.6 is 15.9 Å². The molecule has 0 aliphatic carbocycles. The summed E-state index contributed by atoms with van der Waals surface area (Å²) in [7, 11) is 0. The quantitative estimate of drug-likeness (QED) is 0.644. The molecule has 130 valence electrons. The number of benzene rings is 1. The number of nitrogens with zero attached hydrogens (tertiary/aromatic N) is 5. The first-order valence-electron chi connectivity index (χ1n) is 7.35. The zero-order valence-corrected chi connectivity index (χ0v) is 14.3. The molecule has 0 bridgehead atoms. The Hall–Kier alpha value is -2.36. The van der Waals surface area contributed by atoms with Crippen molar-refractivity contribution in [3.63, 3.8) is 0 Å². The van der Waals surface area contributed by atoms with E-state index in [-0.39, 0.29) is 5.82 Å². The molecule has 0 fully saturated rings. The van der Waals surface area contributed by atoms with Crippen LogP contribution in [0.1, 0.15) is 0 Å². The number of aromatic nitrogens is 5. The van der Waals surface area contributed by atoms with Gasteiger partial charge in [0.1, 0.15) is 36.7 Å². The van der Waals surface area contributed by atoms with Gasteiger partial charge in [0.05, 0.1) is 12.1 Å². The van der Waals surface area contributed by atoms with Crippen molar-refractivity contribution < 1.29 is 17.9 Å². The van der Waals surface area contributed by atoms with E-state index in [1.54, 1.807) is 6.20 Å². The van der Waals surface area contributed by atoms with Gasteiger partial charge in [0.25, 0.3) is 0 Å². The molecule has 0 amide bonds. The third-order valence-corrected chi connectivity index (χ3v) is 4.22. The molecule has 0 radical (unpaired) electrons. The molecule has 1 aliphatic heterocycles. The molecule has 0 unspecified atom stereocenters. The van der Waals surface area contributed by atoms with Crippen LogP contribution in [-0.4, -0.2) is 37.1 Å².